The van der Waals surface area contributed by atoms with Crippen molar-refractivity contribution in [3.8, 4) is 17.1 Å². The second-order valence-corrected chi connectivity index (χ2v) is 9.98. The Morgan fingerprint density at radius 2 is 1.28 bits per heavy atom. The van der Waals surface area contributed by atoms with Crippen molar-refractivity contribution >= 4 is 65.6 Å². The molecule has 3 heterocycles. The van der Waals surface area contributed by atoms with Crippen LogP contribution in [0, 0.1) is 0 Å². The number of hydrogen-bond acceptors (Lipinski definition) is 3. The molecule has 0 aliphatic heterocycles. The Bertz CT molecular complexity index is 2390. The number of fused-ring (bicyclic) bond motifs is 10. The molecule has 0 amide bonds. The largest absolute Gasteiger partial charge is 0.456 e. The van der Waals surface area contributed by atoms with Gasteiger partial charge < -0.3 is 13.4 Å². The molecule has 3 aromatic heterocycles. The maximum absolute atomic E-state index is 6.38. The molecule has 0 saturated heterocycles. The lowest BCUT2D eigenvalue weighted by Crippen LogP contribution is -1.93. The lowest BCUT2D eigenvalue weighted by atomic mass is 10.0. The van der Waals surface area contributed by atoms with E-state index in [2.05, 4.69) is 95.6 Å². The van der Waals surface area contributed by atoms with E-state index in [1.54, 1.807) is 0 Å². The minimum atomic E-state index is 0.600. The van der Waals surface area contributed by atoms with Crippen LogP contribution in [0.1, 0.15) is 0 Å². The molecule has 0 atom stereocenters. The third kappa shape index (κ3) is 2.85. The van der Waals surface area contributed by atoms with Gasteiger partial charge in [0.25, 0.3) is 0 Å². The van der Waals surface area contributed by atoms with Crippen LogP contribution in [-0.2, 0) is 0 Å². The molecule has 0 spiro atoms. The lowest BCUT2D eigenvalue weighted by Gasteiger charge is -2.09. The van der Waals surface area contributed by atoms with Crippen molar-refractivity contribution in [3.05, 3.63) is 121 Å². The van der Waals surface area contributed by atoms with Crippen molar-refractivity contribution in [2.75, 3.05) is 0 Å². The topological polar surface area (TPSA) is 44.1 Å². The summed E-state index contributed by atoms with van der Waals surface area (Å²) in [4.78, 5) is 4.83. The zero-order valence-corrected chi connectivity index (χ0v) is 20.8. The van der Waals surface area contributed by atoms with Gasteiger partial charge in [0.05, 0.1) is 16.4 Å². The number of hydrogen-bond donors (Lipinski definition) is 0. The SMILES string of the molecule is c1ccc2c(c1)ccc1c2c2ccccc2n1-c1ccc(-c2nc3ccc4oc5ccccc5c4c3o2)cc1. The van der Waals surface area contributed by atoms with Crippen molar-refractivity contribution in [1.29, 1.82) is 0 Å². The van der Waals surface area contributed by atoms with E-state index in [9.17, 15) is 0 Å². The zero-order valence-electron chi connectivity index (χ0n) is 20.8. The Morgan fingerprint density at radius 3 is 2.18 bits per heavy atom. The summed E-state index contributed by atoms with van der Waals surface area (Å²) in [6.07, 6.45) is 0. The molecule has 9 rings (SSSR count). The fourth-order valence-electron chi connectivity index (χ4n) is 6.09. The molecular formula is C35H20N2O2. The highest BCUT2D eigenvalue weighted by atomic mass is 16.4. The van der Waals surface area contributed by atoms with E-state index < -0.39 is 0 Å². The summed E-state index contributed by atoms with van der Waals surface area (Å²) in [6, 6.07) is 42.1. The number of rotatable bonds is 2. The van der Waals surface area contributed by atoms with Crippen LogP contribution in [0.15, 0.2) is 130 Å². The minimum Gasteiger partial charge on any atom is -0.456 e. The van der Waals surface area contributed by atoms with Gasteiger partial charge in [0.15, 0.2) is 5.58 Å². The average molecular weight is 501 g/mol. The van der Waals surface area contributed by atoms with Gasteiger partial charge in [-0.1, -0.05) is 66.7 Å². The van der Waals surface area contributed by atoms with Crippen molar-refractivity contribution in [1.82, 2.24) is 9.55 Å². The quantitative estimate of drug-likeness (QED) is 0.237. The van der Waals surface area contributed by atoms with E-state index in [4.69, 9.17) is 13.8 Å². The second kappa shape index (κ2) is 7.59. The fourth-order valence-corrected chi connectivity index (χ4v) is 6.09. The highest BCUT2D eigenvalue weighted by Gasteiger charge is 2.18. The first-order chi connectivity index (χ1) is 19.3. The van der Waals surface area contributed by atoms with Gasteiger partial charge in [0.1, 0.15) is 16.7 Å². The minimum absolute atomic E-state index is 0.600. The first-order valence-corrected chi connectivity index (χ1v) is 13.1. The predicted octanol–water partition coefficient (Wildman–Crippen LogP) is 9.64. The van der Waals surface area contributed by atoms with Crippen LogP contribution in [-0.4, -0.2) is 9.55 Å². The van der Waals surface area contributed by atoms with E-state index in [1.807, 2.05) is 30.3 Å². The molecule has 4 heteroatoms. The molecule has 9 aromatic rings. The summed E-state index contributed by atoms with van der Waals surface area (Å²) < 4.78 is 14.8. The third-order valence-corrected chi connectivity index (χ3v) is 7.83. The van der Waals surface area contributed by atoms with Gasteiger partial charge >= 0.3 is 0 Å². The van der Waals surface area contributed by atoms with Gasteiger partial charge in [-0.3, -0.25) is 0 Å². The van der Waals surface area contributed by atoms with Gasteiger partial charge in [0, 0.05) is 27.4 Å². The molecule has 4 nitrogen and oxygen atoms in total. The second-order valence-electron chi connectivity index (χ2n) is 9.98. The van der Waals surface area contributed by atoms with Gasteiger partial charge in [-0.25, -0.2) is 4.98 Å². The first-order valence-electron chi connectivity index (χ1n) is 13.1. The fraction of sp³-hybridized carbons (Fsp3) is 0. The summed E-state index contributed by atoms with van der Waals surface area (Å²) in [5.74, 6) is 0.600. The lowest BCUT2D eigenvalue weighted by molar-refractivity contribution is 0.622. The molecule has 0 radical (unpaired) electrons. The van der Waals surface area contributed by atoms with Crippen LogP contribution in [0.25, 0.3) is 82.8 Å². The van der Waals surface area contributed by atoms with Crippen molar-refractivity contribution in [2.24, 2.45) is 0 Å². The zero-order chi connectivity index (χ0) is 25.5. The van der Waals surface area contributed by atoms with E-state index in [1.165, 1.54) is 32.6 Å². The molecule has 0 saturated carbocycles. The Hall–Kier alpha value is -5.35. The Balaban J connectivity index is 1.22. The monoisotopic (exact) mass is 500 g/mol. The summed E-state index contributed by atoms with van der Waals surface area (Å²) in [5.41, 5.74) is 7.64. The van der Waals surface area contributed by atoms with Crippen LogP contribution in [0.4, 0.5) is 0 Å². The Labute approximate surface area is 222 Å². The number of furan rings is 1. The maximum Gasteiger partial charge on any atom is 0.227 e. The molecule has 0 fully saturated rings. The molecule has 6 aromatic carbocycles. The van der Waals surface area contributed by atoms with Crippen LogP contribution >= 0.6 is 0 Å². The van der Waals surface area contributed by atoms with Crippen LogP contribution in [0.2, 0.25) is 0 Å². The molecular weight excluding hydrogens is 480 g/mol. The normalized spacial score (nSPS) is 12.1. The van der Waals surface area contributed by atoms with Crippen LogP contribution < -0.4 is 0 Å². The van der Waals surface area contributed by atoms with Crippen molar-refractivity contribution < 1.29 is 8.83 Å². The van der Waals surface area contributed by atoms with Gasteiger partial charge in [-0.05, 0) is 65.4 Å². The van der Waals surface area contributed by atoms with Gasteiger partial charge in [-0.2, -0.15) is 0 Å². The molecule has 0 bridgehead atoms. The van der Waals surface area contributed by atoms with E-state index >= 15 is 0 Å². The number of aromatic nitrogens is 2. The maximum atomic E-state index is 6.38. The molecule has 0 N–H and O–H groups in total. The van der Waals surface area contributed by atoms with Crippen molar-refractivity contribution in [3.63, 3.8) is 0 Å². The summed E-state index contributed by atoms with van der Waals surface area (Å²) >= 11 is 0. The summed E-state index contributed by atoms with van der Waals surface area (Å²) in [6.45, 7) is 0. The molecule has 0 aliphatic rings. The van der Waals surface area contributed by atoms with E-state index in [-0.39, 0.29) is 0 Å². The van der Waals surface area contributed by atoms with Crippen LogP contribution in [0.3, 0.4) is 0 Å². The molecule has 0 unspecified atom stereocenters. The van der Waals surface area contributed by atoms with Crippen LogP contribution in [0.5, 0.6) is 0 Å². The number of nitrogens with zero attached hydrogens (tertiary/aromatic N) is 2. The number of oxazole rings is 1. The summed E-state index contributed by atoms with van der Waals surface area (Å²) in [5, 5.41) is 7.06. The first kappa shape index (κ1) is 20.7. The number of benzene rings is 6. The molecule has 0 aliphatic carbocycles. The Kier molecular flexibility index (Phi) is 4.02. The van der Waals surface area contributed by atoms with Crippen molar-refractivity contribution in [2.45, 2.75) is 0 Å². The summed E-state index contributed by atoms with van der Waals surface area (Å²) in [7, 11) is 0. The molecule has 182 valence electrons. The predicted molar refractivity (Wildman–Crippen MR) is 159 cm³/mol. The van der Waals surface area contributed by atoms with E-state index in [0.717, 1.165) is 44.3 Å². The standard InChI is InChI=1S/C35H20N2O2/c1-2-8-24-21(7-1)15-19-29-32(24)25-9-3-5-11-28(25)37(29)23-16-13-22(14-17-23)35-36-27-18-20-31-33(34(27)39-35)26-10-4-6-12-30(26)38-31/h1-20H. The highest BCUT2D eigenvalue weighted by molar-refractivity contribution is 6.21. The smallest absolute Gasteiger partial charge is 0.227 e. The Morgan fingerprint density at radius 1 is 0.513 bits per heavy atom. The van der Waals surface area contributed by atoms with Gasteiger partial charge in [-0.15, -0.1) is 0 Å². The van der Waals surface area contributed by atoms with E-state index in [0.29, 0.717) is 5.89 Å². The highest BCUT2D eigenvalue weighted by Crippen LogP contribution is 2.39. The third-order valence-electron chi connectivity index (χ3n) is 7.83. The van der Waals surface area contributed by atoms with Gasteiger partial charge in [0.2, 0.25) is 5.89 Å². The molecule has 39 heavy (non-hydrogen) atoms. The number of para-hydroxylation sites is 2. The average Bonchev–Trinajstić information content (AvgIpc) is 3.68.